The van der Waals surface area contributed by atoms with Crippen LogP contribution in [0.4, 0.5) is 0 Å². The van der Waals surface area contributed by atoms with Crippen LogP contribution in [0.15, 0.2) is 28.7 Å². The summed E-state index contributed by atoms with van der Waals surface area (Å²) in [6.07, 6.45) is 2.02. The van der Waals surface area contributed by atoms with Crippen LogP contribution in [0, 0.1) is 5.41 Å². The number of hydrogen-bond acceptors (Lipinski definition) is 2. The first-order chi connectivity index (χ1) is 9.03. The molecular weight excluding hydrogens is 340 g/mol. The molecular formula is C15H22BrClN2O. The van der Waals surface area contributed by atoms with E-state index in [1.807, 2.05) is 38.1 Å². The Kier molecular flexibility index (Phi) is 6.49. The van der Waals surface area contributed by atoms with Crippen molar-refractivity contribution in [3.63, 3.8) is 0 Å². The Balaban J connectivity index is 0.00000200. The van der Waals surface area contributed by atoms with Crippen molar-refractivity contribution in [1.29, 1.82) is 0 Å². The third-order valence-corrected chi connectivity index (χ3v) is 4.59. The van der Waals surface area contributed by atoms with Gasteiger partial charge in [0.1, 0.15) is 0 Å². The number of rotatable bonds is 3. The highest BCUT2D eigenvalue weighted by Gasteiger charge is 2.35. The number of piperidine rings is 1. The SMILES string of the molecule is CC(NC(=O)C1(C)CCCNC1)c1ccccc1Br.Cl. The fourth-order valence-corrected chi connectivity index (χ4v) is 3.15. The average Bonchev–Trinajstić information content (AvgIpc) is 2.40. The number of carbonyl (C=O) groups excluding carboxylic acids is 1. The van der Waals surface area contributed by atoms with Gasteiger partial charge in [0.2, 0.25) is 5.91 Å². The standard InChI is InChI=1S/C15H21BrN2O.ClH/c1-11(12-6-3-4-7-13(12)16)18-14(19)15(2)8-5-9-17-10-15;/h3-4,6-7,11,17H,5,8-10H2,1-2H3,(H,18,19);1H. The zero-order chi connectivity index (χ0) is 13.9. The van der Waals surface area contributed by atoms with Gasteiger partial charge in [0.25, 0.3) is 0 Å². The van der Waals surface area contributed by atoms with E-state index in [4.69, 9.17) is 0 Å². The second-order valence-corrected chi connectivity index (χ2v) is 6.41. The monoisotopic (exact) mass is 360 g/mol. The van der Waals surface area contributed by atoms with Crippen molar-refractivity contribution in [1.82, 2.24) is 10.6 Å². The second-order valence-electron chi connectivity index (χ2n) is 5.56. The van der Waals surface area contributed by atoms with E-state index < -0.39 is 0 Å². The van der Waals surface area contributed by atoms with E-state index in [1.54, 1.807) is 0 Å². The van der Waals surface area contributed by atoms with Gasteiger partial charge in [0, 0.05) is 11.0 Å². The Bertz CT molecular complexity index is 461. The molecule has 1 aliphatic heterocycles. The molecule has 0 bridgehead atoms. The van der Waals surface area contributed by atoms with Crippen molar-refractivity contribution in [2.75, 3.05) is 13.1 Å². The number of amides is 1. The van der Waals surface area contributed by atoms with Crippen molar-refractivity contribution >= 4 is 34.2 Å². The smallest absolute Gasteiger partial charge is 0.227 e. The Labute approximate surface area is 135 Å². The summed E-state index contributed by atoms with van der Waals surface area (Å²) >= 11 is 3.53. The third-order valence-electron chi connectivity index (χ3n) is 3.86. The maximum atomic E-state index is 12.4. The van der Waals surface area contributed by atoms with Crippen LogP contribution in [-0.4, -0.2) is 19.0 Å². The van der Waals surface area contributed by atoms with Gasteiger partial charge in [0.15, 0.2) is 0 Å². The molecule has 0 radical (unpaired) electrons. The van der Waals surface area contributed by atoms with Gasteiger partial charge in [-0.2, -0.15) is 0 Å². The predicted octanol–water partition coefficient (Wildman–Crippen LogP) is 3.44. The number of carbonyl (C=O) groups is 1. The first-order valence-corrected chi connectivity index (χ1v) is 7.58. The molecule has 112 valence electrons. The summed E-state index contributed by atoms with van der Waals surface area (Å²) in [5, 5.41) is 6.45. The normalized spacial score (nSPS) is 23.6. The van der Waals surface area contributed by atoms with E-state index >= 15 is 0 Å². The molecule has 1 amide bonds. The molecule has 1 heterocycles. The van der Waals surface area contributed by atoms with Crippen LogP contribution in [-0.2, 0) is 4.79 Å². The largest absolute Gasteiger partial charge is 0.349 e. The fourth-order valence-electron chi connectivity index (χ4n) is 2.52. The van der Waals surface area contributed by atoms with Crippen molar-refractivity contribution in [3.8, 4) is 0 Å². The van der Waals surface area contributed by atoms with Crippen LogP contribution in [0.25, 0.3) is 0 Å². The molecule has 20 heavy (non-hydrogen) atoms. The summed E-state index contributed by atoms with van der Waals surface area (Å²) in [6, 6.07) is 8.03. The molecule has 1 aromatic rings. The zero-order valence-electron chi connectivity index (χ0n) is 11.9. The van der Waals surface area contributed by atoms with Gasteiger partial charge in [-0.15, -0.1) is 12.4 Å². The molecule has 1 aromatic carbocycles. The van der Waals surface area contributed by atoms with Gasteiger partial charge < -0.3 is 10.6 Å². The van der Waals surface area contributed by atoms with Gasteiger partial charge in [-0.3, -0.25) is 4.79 Å². The summed E-state index contributed by atoms with van der Waals surface area (Å²) in [5.41, 5.74) is 0.830. The van der Waals surface area contributed by atoms with Crippen molar-refractivity contribution in [2.24, 2.45) is 5.41 Å². The fraction of sp³-hybridized carbons (Fsp3) is 0.533. The van der Waals surface area contributed by atoms with Crippen molar-refractivity contribution in [3.05, 3.63) is 34.3 Å². The Morgan fingerprint density at radius 1 is 1.45 bits per heavy atom. The van der Waals surface area contributed by atoms with Gasteiger partial charge in [-0.05, 0) is 44.9 Å². The zero-order valence-corrected chi connectivity index (χ0v) is 14.3. The lowest BCUT2D eigenvalue weighted by molar-refractivity contribution is -0.131. The lowest BCUT2D eigenvalue weighted by Crippen LogP contribution is -2.49. The second kappa shape index (κ2) is 7.43. The molecule has 1 aliphatic rings. The molecule has 2 rings (SSSR count). The summed E-state index contributed by atoms with van der Waals surface area (Å²) in [5.74, 6) is 0.142. The van der Waals surface area contributed by atoms with E-state index in [1.165, 1.54) is 0 Å². The molecule has 3 nitrogen and oxygen atoms in total. The van der Waals surface area contributed by atoms with Crippen LogP contribution in [0.1, 0.15) is 38.3 Å². The van der Waals surface area contributed by atoms with Crippen LogP contribution in [0.3, 0.4) is 0 Å². The summed E-state index contributed by atoms with van der Waals surface area (Å²) in [4.78, 5) is 12.4. The lowest BCUT2D eigenvalue weighted by Gasteiger charge is -2.34. The quantitative estimate of drug-likeness (QED) is 0.866. The summed E-state index contributed by atoms with van der Waals surface area (Å²) < 4.78 is 1.04. The Morgan fingerprint density at radius 2 is 2.15 bits per heavy atom. The molecule has 2 atom stereocenters. The van der Waals surface area contributed by atoms with Crippen LogP contribution < -0.4 is 10.6 Å². The highest BCUT2D eigenvalue weighted by Crippen LogP contribution is 2.28. The highest BCUT2D eigenvalue weighted by atomic mass is 79.9. The number of halogens is 2. The summed E-state index contributed by atoms with van der Waals surface area (Å²) in [6.45, 7) is 5.85. The van der Waals surface area contributed by atoms with E-state index in [-0.39, 0.29) is 29.8 Å². The molecule has 1 saturated heterocycles. The molecule has 2 N–H and O–H groups in total. The predicted molar refractivity (Wildman–Crippen MR) is 88.2 cm³/mol. The molecule has 0 aromatic heterocycles. The topological polar surface area (TPSA) is 41.1 Å². The van der Waals surface area contributed by atoms with Gasteiger partial charge >= 0.3 is 0 Å². The van der Waals surface area contributed by atoms with E-state index in [9.17, 15) is 4.79 Å². The average molecular weight is 362 g/mol. The minimum Gasteiger partial charge on any atom is -0.349 e. The third kappa shape index (κ3) is 3.96. The van der Waals surface area contributed by atoms with Gasteiger partial charge in [0.05, 0.1) is 11.5 Å². The first kappa shape index (κ1) is 17.5. The maximum absolute atomic E-state index is 12.4. The van der Waals surface area contributed by atoms with Crippen molar-refractivity contribution in [2.45, 2.75) is 32.7 Å². The van der Waals surface area contributed by atoms with E-state index in [2.05, 4.69) is 26.6 Å². The van der Waals surface area contributed by atoms with E-state index in [0.717, 1.165) is 36.0 Å². The number of nitrogens with one attached hydrogen (secondary N) is 2. The highest BCUT2D eigenvalue weighted by molar-refractivity contribution is 9.10. The molecule has 0 saturated carbocycles. The Hall–Kier alpha value is -0.580. The van der Waals surface area contributed by atoms with Crippen LogP contribution in [0.2, 0.25) is 0 Å². The molecule has 2 unspecified atom stereocenters. The lowest BCUT2D eigenvalue weighted by atomic mass is 9.81. The van der Waals surface area contributed by atoms with Crippen LogP contribution in [0.5, 0.6) is 0 Å². The Morgan fingerprint density at radius 3 is 2.75 bits per heavy atom. The first-order valence-electron chi connectivity index (χ1n) is 6.79. The van der Waals surface area contributed by atoms with Gasteiger partial charge in [-0.25, -0.2) is 0 Å². The molecule has 0 spiro atoms. The molecule has 0 aliphatic carbocycles. The number of hydrogen-bond donors (Lipinski definition) is 2. The maximum Gasteiger partial charge on any atom is 0.227 e. The minimum atomic E-state index is -0.284. The van der Waals surface area contributed by atoms with E-state index in [0.29, 0.717) is 0 Å². The summed E-state index contributed by atoms with van der Waals surface area (Å²) in [7, 11) is 0. The van der Waals surface area contributed by atoms with Gasteiger partial charge in [-0.1, -0.05) is 34.1 Å². The van der Waals surface area contributed by atoms with Crippen LogP contribution >= 0.6 is 28.3 Å². The molecule has 5 heteroatoms. The van der Waals surface area contributed by atoms with Crippen molar-refractivity contribution < 1.29 is 4.79 Å². The minimum absolute atomic E-state index is 0. The molecule has 1 fully saturated rings. The number of benzene rings is 1.